The summed E-state index contributed by atoms with van der Waals surface area (Å²) >= 11 is 0. The standard InChI is InChI=1S/C15H28N4O/c1-4-5-11-19-14(15(2)7-9-16-10-8-15)17-13(18-19)6-12-20-3/h16H,4-12H2,1-3H3. The summed E-state index contributed by atoms with van der Waals surface area (Å²) in [5.41, 5.74) is 0.164. The number of ether oxygens (including phenoxy) is 1. The highest BCUT2D eigenvalue weighted by molar-refractivity contribution is 5.10. The molecule has 1 N–H and O–H groups in total. The molecule has 1 aromatic heterocycles. The van der Waals surface area contributed by atoms with Crippen molar-refractivity contribution in [3.05, 3.63) is 11.6 Å². The van der Waals surface area contributed by atoms with Gasteiger partial charge in [0.15, 0.2) is 5.82 Å². The lowest BCUT2D eigenvalue weighted by Crippen LogP contribution is -2.39. The topological polar surface area (TPSA) is 52.0 Å². The van der Waals surface area contributed by atoms with Crippen molar-refractivity contribution in [2.45, 2.75) is 57.9 Å². The van der Waals surface area contributed by atoms with Gasteiger partial charge in [0, 0.05) is 25.5 Å². The molecule has 2 rings (SSSR count). The number of rotatable bonds is 7. The fourth-order valence-corrected chi connectivity index (χ4v) is 2.80. The normalized spacial score (nSPS) is 18.4. The minimum atomic E-state index is 0.164. The van der Waals surface area contributed by atoms with Gasteiger partial charge >= 0.3 is 0 Å². The smallest absolute Gasteiger partial charge is 0.153 e. The van der Waals surface area contributed by atoms with E-state index in [0.717, 1.165) is 51.1 Å². The molecule has 0 bridgehead atoms. The van der Waals surface area contributed by atoms with Gasteiger partial charge in [0.2, 0.25) is 0 Å². The van der Waals surface area contributed by atoms with Gasteiger partial charge in [-0.2, -0.15) is 5.10 Å². The second-order valence-electron chi connectivity index (χ2n) is 5.98. The Kier molecular flexibility index (Phi) is 5.54. The number of hydrogen-bond donors (Lipinski definition) is 1. The maximum absolute atomic E-state index is 5.15. The predicted octanol–water partition coefficient (Wildman–Crippen LogP) is 1.91. The Labute approximate surface area is 122 Å². The summed E-state index contributed by atoms with van der Waals surface area (Å²) in [5, 5.41) is 8.15. The highest BCUT2D eigenvalue weighted by Crippen LogP contribution is 2.31. The van der Waals surface area contributed by atoms with Crippen LogP contribution in [-0.2, 0) is 23.1 Å². The molecule has 0 atom stereocenters. The number of piperidine rings is 1. The van der Waals surface area contributed by atoms with E-state index in [1.807, 2.05) is 0 Å². The minimum absolute atomic E-state index is 0.164. The number of hydrogen-bond acceptors (Lipinski definition) is 4. The molecule has 1 aromatic rings. The van der Waals surface area contributed by atoms with Crippen molar-refractivity contribution < 1.29 is 4.74 Å². The van der Waals surface area contributed by atoms with E-state index in [9.17, 15) is 0 Å². The molecule has 114 valence electrons. The van der Waals surface area contributed by atoms with Crippen LogP contribution < -0.4 is 5.32 Å². The lowest BCUT2D eigenvalue weighted by atomic mass is 9.80. The summed E-state index contributed by atoms with van der Waals surface area (Å²) in [6.45, 7) is 8.37. The summed E-state index contributed by atoms with van der Waals surface area (Å²) in [6, 6.07) is 0. The second kappa shape index (κ2) is 7.18. The first kappa shape index (κ1) is 15.4. The molecule has 5 heteroatoms. The van der Waals surface area contributed by atoms with Crippen LogP contribution >= 0.6 is 0 Å². The molecule has 0 amide bonds. The highest BCUT2D eigenvalue weighted by atomic mass is 16.5. The van der Waals surface area contributed by atoms with E-state index < -0.39 is 0 Å². The first-order valence-corrected chi connectivity index (χ1v) is 7.83. The monoisotopic (exact) mass is 280 g/mol. The molecule has 0 saturated carbocycles. The van der Waals surface area contributed by atoms with Crippen LogP contribution in [0.5, 0.6) is 0 Å². The van der Waals surface area contributed by atoms with Gasteiger partial charge in [-0.05, 0) is 32.4 Å². The third-order valence-electron chi connectivity index (χ3n) is 4.22. The summed E-state index contributed by atoms with van der Waals surface area (Å²) in [6.07, 6.45) is 5.43. The van der Waals surface area contributed by atoms with Gasteiger partial charge in [-0.15, -0.1) is 0 Å². The number of unbranched alkanes of at least 4 members (excludes halogenated alkanes) is 1. The zero-order chi connectivity index (χ0) is 14.4. The zero-order valence-corrected chi connectivity index (χ0v) is 13.1. The molecular formula is C15H28N4O. The first-order valence-electron chi connectivity index (χ1n) is 7.83. The third kappa shape index (κ3) is 3.58. The van der Waals surface area contributed by atoms with Crippen LogP contribution in [0.2, 0.25) is 0 Å². The molecule has 2 heterocycles. The van der Waals surface area contributed by atoms with Gasteiger partial charge < -0.3 is 10.1 Å². The van der Waals surface area contributed by atoms with E-state index in [0.29, 0.717) is 6.61 Å². The number of aryl methyl sites for hydroxylation is 1. The average molecular weight is 280 g/mol. The molecule has 1 aliphatic heterocycles. The lowest BCUT2D eigenvalue weighted by molar-refractivity contribution is 0.200. The SMILES string of the molecule is CCCCn1nc(CCOC)nc1C1(C)CCNCC1. The maximum Gasteiger partial charge on any atom is 0.153 e. The fraction of sp³-hybridized carbons (Fsp3) is 0.867. The molecule has 1 fully saturated rings. The minimum Gasteiger partial charge on any atom is -0.384 e. The van der Waals surface area contributed by atoms with E-state index in [1.54, 1.807) is 7.11 Å². The Morgan fingerprint density at radius 1 is 1.35 bits per heavy atom. The van der Waals surface area contributed by atoms with E-state index >= 15 is 0 Å². The van der Waals surface area contributed by atoms with E-state index in [2.05, 4.69) is 23.8 Å². The van der Waals surface area contributed by atoms with Gasteiger partial charge in [0.25, 0.3) is 0 Å². The Morgan fingerprint density at radius 2 is 2.10 bits per heavy atom. The molecule has 0 aromatic carbocycles. The second-order valence-corrected chi connectivity index (χ2v) is 5.98. The van der Waals surface area contributed by atoms with Crippen molar-refractivity contribution in [3.63, 3.8) is 0 Å². The molecule has 0 spiro atoms. The molecule has 0 radical (unpaired) electrons. The Balaban J connectivity index is 2.20. The van der Waals surface area contributed by atoms with Gasteiger partial charge in [-0.3, -0.25) is 0 Å². The van der Waals surface area contributed by atoms with Crippen LogP contribution in [0.15, 0.2) is 0 Å². The summed E-state index contributed by atoms with van der Waals surface area (Å²) < 4.78 is 7.30. The highest BCUT2D eigenvalue weighted by Gasteiger charge is 2.34. The Hall–Kier alpha value is -0.940. The summed E-state index contributed by atoms with van der Waals surface area (Å²) in [5.74, 6) is 2.11. The molecule has 20 heavy (non-hydrogen) atoms. The van der Waals surface area contributed by atoms with Crippen LogP contribution in [0.3, 0.4) is 0 Å². The first-order chi connectivity index (χ1) is 9.69. The van der Waals surface area contributed by atoms with E-state index in [4.69, 9.17) is 14.8 Å². The van der Waals surface area contributed by atoms with Crippen LogP contribution in [0, 0.1) is 0 Å². The molecule has 0 unspecified atom stereocenters. The van der Waals surface area contributed by atoms with Crippen molar-refractivity contribution in [3.8, 4) is 0 Å². The van der Waals surface area contributed by atoms with Gasteiger partial charge in [0.05, 0.1) is 6.61 Å². The largest absolute Gasteiger partial charge is 0.384 e. The number of aromatic nitrogens is 3. The van der Waals surface area contributed by atoms with Gasteiger partial charge in [0.1, 0.15) is 5.82 Å². The molecular weight excluding hydrogens is 252 g/mol. The van der Waals surface area contributed by atoms with Crippen molar-refractivity contribution in [1.82, 2.24) is 20.1 Å². The molecule has 5 nitrogen and oxygen atoms in total. The number of nitrogens with zero attached hydrogens (tertiary/aromatic N) is 3. The molecule has 1 aliphatic rings. The quantitative estimate of drug-likeness (QED) is 0.829. The summed E-state index contributed by atoms with van der Waals surface area (Å²) in [4.78, 5) is 4.84. The average Bonchev–Trinajstić information content (AvgIpc) is 2.88. The van der Waals surface area contributed by atoms with Crippen molar-refractivity contribution in [2.75, 3.05) is 26.8 Å². The van der Waals surface area contributed by atoms with Gasteiger partial charge in [-0.25, -0.2) is 9.67 Å². The van der Waals surface area contributed by atoms with Gasteiger partial charge in [-0.1, -0.05) is 20.3 Å². The summed E-state index contributed by atoms with van der Waals surface area (Å²) in [7, 11) is 1.73. The van der Waals surface area contributed by atoms with Crippen LogP contribution in [0.25, 0.3) is 0 Å². The number of nitrogens with one attached hydrogen (secondary N) is 1. The Morgan fingerprint density at radius 3 is 2.75 bits per heavy atom. The predicted molar refractivity (Wildman–Crippen MR) is 80.0 cm³/mol. The van der Waals surface area contributed by atoms with Crippen molar-refractivity contribution in [1.29, 1.82) is 0 Å². The van der Waals surface area contributed by atoms with Crippen molar-refractivity contribution in [2.24, 2.45) is 0 Å². The van der Waals surface area contributed by atoms with Crippen molar-refractivity contribution >= 4 is 0 Å². The van der Waals surface area contributed by atoms with Crippen LogP contribution in [0.1, 0.15) is 51.2 Å². The Bertz CT molecular complexity index is 410. The third-order valence-corrected chi connectivity index (χ3v) is 4.22. The molecule has 1 saturated heterocycles. The fourth-order valence-electron chi connectivity index (χ4n) is 2.80. The maximum atomic E-state index is 5.15. The number of methoxy groups -OCH3 is 1. The van der Waals surface area contributed by atoms with Crippen LogP contribution in [0.4, 0.5) is 0 Å². The van der Waals surface area contributed by atoms with E-state index in [1.165, 1.54) is 12.2 Å². The zero-order valence-electron chi connectivity index (χ0n) is 13.1. The molecule has 0 aliphatic carbocycles. The lowest BCUT2D eigenvalue weighted by Gasteiger charge is -2.33. The van der Waals surface area contributed by atoms with E-state index in [-0.39, 0.29) is 5.41 Å². The van der Waals surface area contributed by atoms with Crippen LogP contribution in [-0.4, -0.2) is 41.6 Å².